The average molecular weight is 261 g/mol. The summed E-state index contributed by atoms with van der Waals surface area (Å²) in [4.78, 5) is 9.68. The van der Waals surface area contributed by atoms with Gasteiger partial charge < -0.3 is 10.1 Å². The molecule has 1 unspecified atom stereocenters. The fourth-order valence-corrected chi connectivity index (χ4v) is 2.77. The van der Waals surface area contributed by atoms with E-state index in [1.165, 1.54) is 29.8 Å². The molecular formula is C15H23N3O. The molecule has 1 atom stereocenters. The fraction of sp³-hybridized carbons (Fsp3) is 0.733. The van der Waals surface area contributed by atoms with E-state index in [0.29, 0.717) is 12.5 Å². The Hall–Kier alpha value is -1.00. The highest BCUT2D eigenvalue weighted by molar-refractivity contribution is 5.34. The number of hydrogen-bond acceptors (Lipinski definition) is 4. The van der Waals surface area contributed by atoms with E-state index in [1.54, 1.807) is 0 Å². The number of hydrogen-bond donors (Lipinski definition) is 1. The van der Waals surface area contributed by atoms with Crippen molar-refractivity contribution >= 4 is 0 Å². The Labute approximate surface area is 115 Å². The van der Waals surface area contributed by atoms with E-state index < -0.39 is 0 Å². The Bertz CT molecular complexity index is 485. The Morgan fingerprint density at radius 3 is 2.68 bits per heavy atom. The van der Waals surface area contributed by atoms with Crippen molar-refractivity contribution in [1.82, 2.24) is 15.3 Å². The number of aromatic nitrogens is 2. The van der Waals surface area contributed by atoms with Crippen LogP contribution in [-0.4, -0.2) is 16.6 Å². The fourth-order valence-electron chi connectivity index (χ4n) is 2.77. The SMILES string of the molecule is CCOC(C)(CC)c1nc2c(c(C3CC3)n1)CNC2. The minimum absolute atomic E-state index is 0.351. The number of rotatable bonds is 5. The molecule has 0 saturated heterocycles. The van der Waals surface area contributed by atoms with E-state index in [9.17, 15) is 0 Å². The molecule has 0 radical (unpaired) electrons. The zero-order valence-corrected chi connectivity index (χ0v) is 12.1. The summed E-state index contributed by atoms with van der Waals surface area (Å²) in [6.45, 7) is 8.78. The predicted molar refractivity (Wildman–Crippen MR) is 73.8 cm³/mol. The molecule has 0 bridgehead atoms. The van der Waals surface area contributed by atoms with Crippen LogP contribution in [0.15, 0.2) is 0 Å². The van der Waals surface area contributed by atoms with Crippen LogP contribution in [0.3, 0.4) is 0 Å². The van der Waals surface area contributed by atoms with Gasteiger partial charge in [0.25, 0.3) is 0 Å². The zero-order chi connectivity index (χ0) is 13.5. The van der Waals surface area contributed by atoms with E-state index in [4.69, 9.17) is 14.7 Å². The lowest BCUT2D eigenvalue weighted by atomic mass is 10.0. The summed E-state index contributed by atoms with van der Waals surface area (Å²) in [6.07, 6.45) is 3.46. The minimum atomic E-state index is -0.351. The smallest absolute Gasteiger partial charge is 0.160 e. The molecule has 0 spiro atoms. The monoisotopic (exact) mass is 261 g/mol. The molecule has 4 heteroatoms. The topological polar surface area (TPSA) is 47.0 Å². The van der Waals surface area contributed by atoms with Crippen molar-refractivity contribution in [2.24, 2.45) is 0 Å². The predicted octanol–water partition coefficient (Wildman–Crippen LogP) is 2.62. The summed E-state index contributed by atoms with van der Waals surface area (Å²) in [7, 11) is 0. The Morgan fingerprint density at radius 1 is 1.26 bits per heavy atom. The minimum Gasteiger partial charge on any atom is -0.368 e. The van der Waals surface area contributed by atoms with Crippen LogP contribution in [0.4, 0.5) is 0 Å². The molecule has 1 aliphatic carbocycles. The van der Waals surface area contributed by atoms with Gasteiger partial charge >= 0.3 is 0 Å². The first-order valence-electron chi connectivity index (χ1n) is 7.42. The quantitative estimate of drug-likeness (QED) is 0.885. The molecular weight excluding hydrogens is 238 g/mol. The van der Waals surface area contributed by atoms with Gasteiger partial charge in [-0.25, -0.2) is 9.97 Å². The summed E-state index contributed by atoms with van der Waals surface area (Å²) in [5, 5.41) is 3.40. The molecule has 104 valence electrons. The highest BCUT2D eigenvalue weighted by atomic mass is 16.5. The van der Waals surface area contributed by atoms with Crippen molar-refractivity contribution in [3.63, 3.8) is 0 Å². The number of nitrogens with one attached hydrogen (secondary N) is 1. The molecule has 2 aliphatic rings. The second-order valence-electron chi connectivity index (χ2n) is 5.75. The maximum atomic E-state index is 5.93. The molecule has 0 amide bonds. The van der Waals surface area contributed by atoms with Gasteiger partial charge in [0.1, 0.15) is 5.60 Å². The van der Waals surface area contributed by atoms with Gasteiger partial charge in [-0.2, -0.15) is 0 Å². The van der Waals surface area contributed by atoms with Gasteiger partial charge in [0.05, 0.1) is 11.4 Å². The molecule has 1 aromatic heterocycles. The lowest BCUT2D eigenvalue weighted by Gasteiger charge is -2.27. The molecule has 1 N–H and O–H groups in total. The van der Waals surface area contributed by atoms with Gasteiger partial charge in [-0.1, -0.05) is 6.92 Å². The lowest BCUT2D eigenvalue weighted by Crippen LogP contribution is -2.29. The van der Waals surface area contributed by atoms with E-state index in [1.807, 2.05) is 6.92 Å². The van der Waals surface area contributed by atoms with Gasteiger partial charge in [0, 0.05) is 31.2 Å². The largest absolute Gasteiger partial charge is 0.368 e. The highest BCUT2D eigenvalue weighted by Gasteiger charge is 2.35. The van der Waals surface area contributed by atoms with Crippen molar-refractivity contribution in [3.05, 3.63) is 22.8 Å². The number of ether oxygens (including phenoxy) is 1. The summed E-state index contributed by atoms with van der Waals surface area (Å²) >= 11 is 0. The van der Waals surface area contributed by atoms with Crippen molar-refractivity contribution in [3.8, 4) is 0 Å². The Morgan fingerprint density at radius 2 is 2.05 bits per heavy atom. The first-order chi connectivity index (χ1) is 9.18. The number of nitrogens with zero attached hydrogens (tertiary/aromatic N) is 2. The second kappa shape index (κ2) is 4.84. The van der Waals surface area contributed by atoms with Gasteiger partial charge in [-0.05, 0) is 33.1 Å². The van der Waals surface area contributed by atoms with Crippen LogP contribution in [0.1, 0.15) is 68.7 Å². The van der Waals surface area contributed by atoms with Crippen molar-refractivity contribution in [2.45, 2.75) is 64.6 Å². The van der Waals surface area contributed by atoms with Crippen molar-refractivity contribution in [2.75, 3.05) is 6.61 Å². The van der Waals surface area contributed by atoms with Crippen LogP contribution in [0.2, 0.25) is 0 Å². The third kappa shape index (κ3) is 2.28. The maximum absolute atomic E-state index is 5.93. The molecule has 1 saturated carbocycles. The third-order valence-electron chi connectivity index (χ3n) is 4.29. The van der Waals surface area contributed by atoms with Crippen LogP contribution in [0.5, 0.6) is 0 Å². The van der Waals surface area contributed by atoms with Gasteiger partial charge in [0.2, 0.25) is 0 Å². The first-order valence-corrected chi connectivity index (χ1v) is 7.42. The van der Waals surface area contributed by atoms with Gasteiger partial charge in [0.15, 0.2) is 5.82 Å². The van der Waals surface area contributed by atoms with Crippen LogP contribution in [0, 0.1) is 0 Å². The summed E-state index contributed by atoms with van der Waals surface area (Å²) in [5.41, 5.74) is 3.47. The van der Waals surface area contributed by atoms with E-state index in [2.05, 4.69) is 19.2 Å². The van der Waals surface area contributed by atoms with Gasteiger partial charge in [-0.15, -0.1) is 0 Å². The van der Waals surface area contributed by atoms with Crippen LogP contribution < -0.4 is 5.32 Å². The first kappa shape index (κ1) is 13.0. The maximum Gasteiger partial charge on any atom is 0.160 e. The highest BCUT2D eigenvalue weighted by Crippen LogP contribution is 2.42. The lowest BCUT2D eigenvalue weighted by molar-refractivity contribution is -0.0393. The van der Waals surface area contributed by atoms with Crippen LogP contribution in [-0.2, 0) is 23.4 Å². The zero-order valence-electron chi connectivity index (χ0n) is 12.1. The number of fused-ring (bicyclic) bond motifs is 1. The van der Waals surface area contributed by atoms with Crippen LogP contribution in [0.25, 0.3) is 0 Å². The molecule has 2 heterocycles. The van der Waals surface area contributed by atoms with E-state index in [0.717, 1.165) is 25.3 Å². The molecule has 1 aromatic rings. The van der Waals surface area contributed by atoms with E-state index in [-0.39, 0.29) is 5.60 Å². The summed E-state index contributed by atoms with van der Waals surface area (Å²) in [6, 6.07) is 0. The second-order valence-corrected chi connectivity index (χ2v) is 5.75. The van der Waals surface area contributed by atoms with E-state index >= 15 is 0 Å². The molecule has 19 heavy (non-hydrogen) atoms. The normalized spacial score (nSPS) is 21.2. The summed E-state index contributed by atoms with van der Waals surface area (Å²) < 4.78 is 5.93. The standard InChI is InChI=1S/C15H23N3O/c1-4-15(3,19-5-2)14-17-12-9-16-8-11(12)13(18-14)10-6-7-10/h10,16H,4-9H2,1-3H3. The third-order valence-corrected chi connectivity index (χ3v) is 4.29. The molecule has 3 rings (SSSR count). The molecule has 0 aromatic carbocycles. The molecule has 4 nitrogen and oxygen atoms in total. The average Bonchev–Trinajstić information content (AvgIpc) is 3.15. The summed E-state index contributed by atoms with van der Waals surface area (Å²) in [5.74, 6) is 1.54. The molecule has 1 aliphatic heterocycles. The van der Waals surface area contributed by atoms with Crippen molar-refractivity contribution in [1.29, 1.82) is 0 Å². The molecule has 1 fully saturated rings. The van der Waals surface area contributed by atoms with Crippen molar-refractivity contribution < 1.29 is 4.74 Å². The van der Waals surface area contributed by atoms with Crippen LogP contribution >= 0.6 is 0 Å². The van der Waals surface area contributed by atoms with Gasteiger partial charge in [-0.3, -0.25) is 0 Å². The Balaban J connectivity index is 2.04. The Kier molecular flexibility index (Phi) is 3.31.